The molecule has 0 saturated heterocycles. The monoisotopic (exact) mass is 239 g/mol. The lowest BCUT2D eigenvalue weighted by Gasteiger charge is -2.38. The van der Waals surface area contributed by atoms with Crippen LogP contribution in [0.5, 0.6) is 0 Å². The summed E-state index contributed by atoms with van der Waals surface area (Å²) in [6.07, 6.45) is 10.1. The first-order valence-corrected chi connectivity index (χ1v) is 6.82. The molecule has 3 unspecified atom stereocenters. The molecule has 16 heavy (non-hydrogen) atoms. The van der Waals surface area contributed by atoms with Crippen molar-refractivity contribution >= 4 is 17.2 Å². The summed E-state index contributed by atoms with van der Waals surface area (Å²) in [5.74, 6) is 1.73. The van der Waals surface area contributed by atoms with Gasteiger partial charge in [-0.2, -0.15) is 0 Å². The van der Waals surface area contributed by atoms with E-state index < -0.39 is 0 Å². The summed E-state index contributed by atoms with van der Waals surface area (Å²) in [7, 11) is 0. The number of hydrogen-bond donors (Lipinski definition) is 0. The van der Waals surface area contributed by atoms with Gasteiger partial charge in [-0.25, -0.2) is 0 Å². The Hall–Kier alpha value is -0.690. The normalized spacial score (nSPS) is 33.6. The van der Waals surface area contributed by atoms with Gasteiger partial charge in [-0.05, 0) is 31.1 Å². The van der Waals surface area contributed by atoms with Gasteiger partial charge in [0.05, 0.1) is 0 Å². The number of nitriles is 1. The van der Waals surface area contributed by atoms with Crippen LogP contribution in [-0.2, 0) is 8.98 Å². The van der Waals surface area contributed by atoms with Gasteiger partial charge in [0.1, 0.15) is 12.0 Å². The molecule has 0 aromatic heterocycles. The molecule has 2 aliphatic carbocycles. The Balaban J connectivity index is 1.85. The number of hydrogen-bond acceptors (Lipinski definition) is 4. The van der Waals surface area contributed by atoms with Crippen LogP contribution < -0.4 is 0 Å². The van der Waals surface area contributed by atoms with Crippen LogP contribution in [-0.4, -0.2) is 5.12 Å². The van der Waals surface area contributed by atoms with Gasteiger partial charge in [0.25, 0.3) is 6.26 Å². The molecular weight excluding hydrogens is 222 g/mol. The van der Waals surface area contributed by atoms with Gasteiger partial charge >= 0.3 is 0 Å². The number of fused-ring (bicyclic) bond motifs is 1. The zero-order valence-electron chi connectivity index (χ0n) is 9.35. The standard InChI is InChI=1S/C12H17NO2S/c13-8-15-16-12(14)11-6-5-9-3-1-2-4-10(9)7-11/h9-11H,1-7H2. The van der Waals surface area contributed by atoms with E-state index in [1.165, 1.54) is 38.4 Å². The van der Waals surface area contributed by atoms with E-state index in [2.05, 4.69) is 4.18 Å². The zero-order chi connectivity index (χ0) is 11.4. The second-order valence-electron chi connectivity index (χ2n) is 4.89. The average Bonchev–Trinajstić information content (AvgIpc) is 2.35. The maximum Gasteiger partial charge on any atom is 0.300 e. The second-order valence-corrected chi connectivity index (χ2v) is 5.63. The molecule has 0 aromatic carbocycles. The fourth-order valence-corrected chi connectivity index (χ4v) is 3.68. The van der Waals surface area contributed by atoms with Crippen LogP contribution in [0, 0.1) is 29.3 Å². The highest BCUT2D eigenvalue weighted by Gasteiger charge is 2.35. The molecule has 3 nitrogen and oxygen atoms in total. The maximum absolute atomic E-state index is 11.7. The van der Waals surface area contributed by atoms with Gasteiger partial charge in [-0.1, -0.05) is 25.7 Å². The van der Waals surface area contributed by atoms with Crippen LogP contribution in [0.1, 0.15) is 44.9 Å². The van der Waals surface area contributed by atoms with E-state index in [9.17, 15) is 4.79 Å². The van der Waals surface area contributed by atoms with Crippen molar-refractivity contribution in [3.8, 4) is 6.26 Å². The smallest absolute Gasteiger partial charge is 0.300 e. The Morgan fingerprint density at radius 2 is 1.94 bits per heavy atom. The first-order valence-electron chi connectivity index (χ1n) is 6.07. The average molecular weight is 239 g/mol. The van der Waals surface area contributed by atoms with E-state index >= 15 is 0 Å². The van der Waals surface area contributed by atoms with E-state index in [1.807, 2.05) is 0 Å². The van der Waals surface area contributed by atoms with E-state index in [0.29, 0.717) is 0 Å². The molecule has 0 amide bonds. The van der Waals surface area contributed by atoms with Gasteiger partial charge in [0.2, 0.25) is 5.12 Å². The third-order valence-electron chi connectivity index (χ3n) is 4.03. The second kappa shape index (κ2) is 5.58. The Morgan fingerprint density at radius 3 is 2.69 bits per heavy atom. The molecule has 88 valence electrons. The molecule has 2 aliphatic rings. The summed E-state index contributed by atoms with van der Waals surface area (Å²) in [5.41, 5.74) is 0. The number of carbonyl (C=O) groups excluding carboxylic acids is 1. The van der Waals surface area contributed by atoms with Crippen LogP contribution in [0.3, 0.4) is 0 Å². The molecule has 2 saturated carbocycles. The Labute approximate surface area is 101 Å². The minimum absolute atomic E-state index is 0.0468. The SMILES string of the molecule is N#COSC(=O)C1CCC2CCCCC2C1. The third kappa shape index (κ3) is 2.70. The molecule has 0 bridgehead atoms. The summed E-state index contributed by atoms with van der Waals surface area (Å²) in [6, 6.07) is 0. The Morgan fingerprint density at radius 1 is 1.19 bits per heavy atom. The molecule has 2 rings (SSSR count). The van der Waals surface area contributed by atoms with Crippen LogP contribution >= 0.6 is 12.0 Å². The van der Waals surface area contributed by atoms with Crippen molar-refractivity contribution in [2.45, 2.75) is 44.9 Å². The molecule has 0 spiro atoms. The Kier molecular flexibility index (Phi) is 4.11. The van der Waals surface area contributed by atoms with Gasteiger partial charge < -0.3 is 4.18 Å². The molecule has 0 radical (unpaired) electrons. The van der Waals surface area contributed by atoms with Gasteiger partial charge in [0, 0.05) is 5.92 Å². The highest BCUT2D eigenvalue weighted by Crippen LogP contribution is 2.43. The predicted octanol–water partition coefficient (Wildman–Crippen LogP) is 3.27. The van der Waals surface area contributed by atoms with E-state index in [0.717, 1.165) is 36.7 Å². The molecule has 4 heteroatoms. The minimum Gasteiger partial charge on any atom is -0.344 e. The topological polar surface area (TPSA) is 50.1 Å². The predicted molar refractivity (Wildman–Crippen MR) is 62.1 cm³/mol. The molecule has 0 aliphatic heterocycles. The van der Waals surface area contributed by atoms with Crippen LogP contribution in [0.4, 0.5) is 0 Å². The fourth-order valence-electron chi connectivity index (χ4n) is 3.22. The van der Waals surface area contributed by atoms with Gasteiger partial charge in [-0.3, -0.25) is 4.79 Å². The Bertz CT molecular complexity index is 300. The molecule has 3 atom stereocenters. The summed E-state index contributed by atoms with van der Waals surface area (Å²) in [4.78, 5) is 11.7. The maximum atomic E-state index is 11.7. The number of rotatable bonds is 2. The molecule has 2 fully saturated rings. The number of nitrogens with zero attached hydrogens (tertiary/aromatic N) is 1. The minimum atomic E-state index is 0.0468. The lowest BCUT2D eigenvalue weighted by molar-refractivity contribution is -0.116. The highest BCUT2D eigenvalue weighted by atomic mass is 32.2. The largest absolute Gasteiger partial charge is 0.344 e. The summed E-state index contributed by atoms with van der Waals surface area (Å²) < 4.78 is 4.46. The van der Waals surface area contributed by atoms with Crippen molar-refractivity contribution < 1.29 is 8.98 Å². The van der Waals surface area contributed by atoms with Gasteiger partial charge in [-0.15, -0.1) is 5.26 Å². The first kappa shape index (κ1) is 11.8. The van der Waals surface area contributed by atoms with Gasteiger partial charge in [0.15, 0.2) is 0 Å². The van der Waals surface area contributed by atoms with Crippen LogP contribution in [0.25, 0.3) is 0 Å². The van der Waals surface area contributed by atoms with E-state index in [-0.39, 0.29) is 11.0 Å². The molecule has 0 aromatic rings. The lowest BCUT2D eigenvalue weighted by Crippen LogP contribution is -2.30. The first-order chi connectivity index (χ1) is 7.81. The molecule has 0 N–H and O–H groups in total. The van der Waals surface area contributed by atoms with E-state index in [4.69, 9.17) is 5.26 Å². The van der Waals surface area contributed by atoms with Crippen molar-refractivity contribution in [3.05, 3.63) is 0 Å². The fraction of sp³-hybridized carbons (Fsp3) is 0.833. The van der Waals surface area contributed by atoms with Crippen molar-refractivity contribution in [3.63, 3.8) is 0 Å². The molecular formula is C12H17NO2S. The quantitative estimate of drug-likeness (QED) is 0.548. The van der Waals surface area contributed by atoms with Crippen LogP contribution in [0.2, 0.25) is 0 Å². The summed E-state index contributed by atoms with van der Waals surface area (Å²) >= 11 is 0.722. The number of carbonyl (C=O) groups is 1. The zero-order valence-corrected chi connectivity index (χ0v) is 10.2. The van der Waals surface area contributed by atoms with Crippen molar-refractivity contribution in [2.24, 2.45) is 17.8 Å². The van der Waals surface area contributed by atoms with Crippen LogP contribution in [0.15, 0.2) is 0 Å². The summed E-state index contributed by atoms with van der Waals surface area (Å²) in [6.45, 7) is 0. The van der Waals surface area contributed by atoms with Crippen molar-refractivity contribution in [1.82, 2.24) is 0 Å². The third-order valence-corrected chi connectivity index (χ3v) is 4.69. The summed E-state index contributed by atoms with van der Waals surface area (Å²) in [5, 5.41) is 8.30. The van der Waals surface area contributed by atoms with Crippen molar-refractivity contribution in [2.75, 3.05) is 0 Å². The van der Waals surface area contributed by atoms with Crippen molar-refractivity contribution in [1.29, 1.82) is 5.26 Å². The lowest BCUT2D eigenvalue weighted by atomic mass is 9.68. The van der Waals surface area contributed by atoms with E-state index in [1.54, 1.807) is 0 Å². The highest BCUT2D eigenvalue weighted by molar-refractivity contribution is 8.09. The molecule has 0 heterocycles.